The second-order valence-electron chi connectivity index (χ2n) is 3.51. The van der Waals surface area contributed by atoms with Crippen molar-refractivity contribution in [2.45, 2.75) is 13.3 Å². The van der Waals surface area contributed by atoms with Crippen LogP contribution >= 0.6 is 0 Å². The summed E-state index contributed by atoms with van der Waals surface area (Å²) in [5.41, 5.74) is 3.59. The van der Waals surface area contributed by atoms with E-state index in [9.17, 15) is 4.39 Å². The Morgan fingerprint density at radius 1 is 1.07 bits per heavy atom. The van der Waals surface area contributed by atoms with Crippen LogP contribution in [-0.4, -0.2) is 0 Å². The molecule has 1 aromatic carbocycles. The zero-order chi connectivity index (χ0) is 10.7. The fourth-order valence-corrected chi connectivity index (χ4v) is 1.80. The first-order chi connectivity index (χ1) is 7.31. The minimum absolute atomic E-state index is 0.184. The van der Waals surface area contributed by atoms with Gasteiger partial charge in [0.25, 0.3) is 0 Å². The molecule has 1 aromatic rings. The molecule has 0 aliphatic heterocycles. The van der Waals surface area contributed by atoms with Crippen LogP contribution in [0, 0.1) is 5.82 Å². The van der Waals surface area contributed by atoms with E-state index < -0.39 is 0 Å². The molecule has 15 heavy (non-hydrogen) atoms. The fourth-order valence-electron chi connectivity index (χ4n) is 1.80. The van der Waals surface area contributed by atoms with E-state index >= 15 is 0 Å². The Labute approximate surface area is 89.4 Å². The summed E-state index contributed by atoms with van der Waals surface area (Å²) in [6.07, 6.45) is 9.17. The minimum Gasteiger partial charge on any atom is -0.207 e. The van der Waals surface area contributed by atoms with Gasteiger partial charge in [-0.05, 0) is 35.3 Å². The Balaban J connectivity index is 2.43. The SMILES string of the molecule is CCC(=C1C=CC=C1)c1ccc(F)cc1. The second-order valence-corrected chi connectivity index (χ2v) is 3.51. The van der Waals surface area contributed by atoms with Gasteiger partial charge in [0.2, 0.25) is 0 Å². The van der Waals surface area contributed by atoms with Crippen LogP contribution in [0.5, 0.6) is 0 Å². The van der Waals surface area contributed by atoms with Crippen molar-refractivity contribution in [2.24, 2.45) is 0 Å². The number of benzene rings is 1. The molecular formula is C14H13F. The van der Waals surface area contributed by atoms with Crippen molar-refractivity contribution in [2.75, 3.05) is 0 Å². The largest absolute Gasteiger partial charge is 0.207 e. The second kappa shape index (κ2) is 4.26. The summed E-state index contributed by atoms with van der Waals surface area (Å²) in [5.74, 6) is -0.184. The molecule has 0 unspecified atom stereocenters. The highest BCUT2D eigenvalue weighted by atomic mass is 19.1. The maximum absolute atomic E-state index is 12.8. The lowest BCUT2D eigenvalue weighted by molar-refractivity contribution is 0.627. The van der Waals surface area contributed by atoms with Gasteiger partial charge in [-0.1, -0.05) is 43.4 Å². The van der Waals surface area contributed by atoms with Gasteiger partial charge in [-0.25, -0.2) is 4.39 Å². The van der Waals surface area contributed by atoms with E-state index in [0.29, 0.717) is 0 Å². The van der Waals surface area contributed by atoms with Crippen LogP contribution in [0.2, 0.25) is 0 Å². The van der Waals surface area contributed by atoms with E-state index in [1.54, 1.807) is 0 Å². The summed E-state index contributed by atoms with van der Waals surface area (Å²) in [7, 11) is 0. The highest BCUT2D eigenvalue weighted by Gasteiger charge is 2.05. The number of hydrogen-bond acceptors (Lipinski definition) is 0. The van der Waals surface area contributed by atoms with E-state index in [-0.39, 0.29) is 5.82 Å². The summed E-state index contributed by atoms with van der Waals surface area (Å²) in [6, 6.07) is 6.68. The van der Waals surface area contributed by atoms with Crippen LogP contribution in [0.4, 0.5) is 4.39 Å². The maximum Gasteiger partial charge on any atom is 0.123 e. The van der Waals surface area contributed by atoms with Gasteiger partial charge in [0, 0.05) is 0 Å². The summed E-state index contributed by atoms with van der Waals surface area (Å²) in [6.45, 7) is 2.12. The topological polar surface area (TPSA) is 0 Å². The number of allylic oxidation sites excluding steroid dienone is 6. The van der Waals surface area contributed by atoms with E-state index in [1.165, 1.54) is 23.3 Å². The molecule has 0 bridgehead atoms. The molecule has 0 saturated heterocycles. The molecule has 0 fully saturated rings. The van der Waals surface area contributed by atoms with Crippen LogP contribution in [0.1, 0.15) is 18.9 Å². The lowest BCUT2D eigenvalue weighted by atomic mass is 9.98. The molecule has 0 radical (unpaired) electrons. The van der Waals surface area contributed by atoms with Crippen LogP contribution in [0.15, 0.2) is 54.1 Å². The molecular weight excluding hydrogens is 187 g/mol. The summed E-state index contributed by atoms with van der Waals surface area (Å²) >= 11 is 0. The van der Waals surface area contributed by atoms with Gasteiger partial charge in [-0.3, -0.25) is 0 Å². The number of halogens is 1. The predicted octanol–water partition coefficient (Wildman–Crippen LogP) is 4.12. The van der Waals surface area contributed by atoms with Crippen molar-refractivity contribution in [3.63, 3.8) is 0 Å². The average Bonchev–Trinajstić information content (AvgIpc) is 2.75. The highest BCUT2D eigenvalue weighted by molar-refractivity contribution is 5.74. The lowest BCUT2D eigenvalue weighted by Gasteiger charge is -2.07. The summed E-state index contributed by atoms with van der Waals surface area (Å²) in [5, 5.41) is 0. The standard InChI is InChI=1S/C14H13F/c1-2-14(11-5-3-4-6-11)12-7-9-13(15)10-8-12/h3-10H,2H2,1H3. The van der Waals surface area contributed by atoms with E-state index in [1.807, 2.05) is 24.3 Å². The maximum atomic E-state index is 12.8. The molecule has 0 nitrogen and oxygen atoms in total. The zero-order valence-electron chi connectivity index (χ0n) is 8.70. The molecule has 1 aliphatic rings. The molecule has 0 saturated carbocycles. The molecule has 0 heterocycles. The van der Waals surface area contributed by atoms with E-state index in [2.05, 4.69) is 19.1 Å². The predicted molar refractivity (Wildman–Crippen MR) is 61.9 cm³/mol. The van der Waals surface area contributed by atoms with Gasteiger partial charge in [0.1, 0.15) is 5.82 Å². The van der Waals surface area contributed by atoms with Crippen molar-refractivity contribution in [3.05, 3.63) is 65.5 Å². The quantitative estimate of drug-likeness (QED) is 0.673. The molecule has 0 atom stereocenters. The highest BCUT2D eigenvalue weighted by Crippen LogP contribution is 2.25. The molecule has 76 valence electrons. The Hall–Kier alpha value is -1.63. The molecule has 2 rings (SSSR count). The van der Waals surface area contributed by atoms with E-state index in [0.717, 1.165) is 12.0 Å². The van der Waals surface area contributed by atoms with Gasteiger partial charge < -0.3 is 0 Å². The van der Waals surface area contributed by atoms with Crippen LogP contribution in [0.3, 0.4) is 0 Å². The third-order valence-corrected chi connectivity index (χ3v) is 2.56. The van der Waals surface area contributed by atoms with Crippen molar-refractivity contribution in [3.8, 4) is 0 Å². The van der Waals surface area contributed by atoms with Crippen molar-refractivity contribution >= 4 is 5.57 Å². The zero-order valence-corrected chi connectivity index (χ0v) is 8.70. The Morgan fingerprint density at radius 3 is 2.20 bits per heavy atom. The van der Waals surface area contributed by atoms with Crippen LogP contribution < -0.4 is 0 Å². The Morgan fingerprint density at radius 2 is 1.67 bits per heavy atom. The Kier molecular flexibility index (Phi) is 2.82. The molecule has 0 spiro atoms. The molecule has 0 N–H and O–H groups in total. The van der Waals surface area contributed by atoms with Crippen LogP contribution in [0.25, 0.3) is 5.57 Å². The number of hydrogen-bond donors (Lipinski definition) is 0. The summed E-state index contributed by atoms with van der Waals surface area (Å²) in [4.78, 5) is 0. The molecule has 1 aliphatic carbocycles. The van der Waals surface area contributed by atoms with Gasteiger partial charge >= 0.3 is 0 Å². The number of rotatable bonds is 2. The Bertz CT molecular complexity index is 419. The smallest absolute Gasteiger partial charge is 0.123 e. The van der Waals surface area contributed by atoms with Gasteiger partial charge in [0.05, 0.1) is 0 Å². The minimum atomic E-state index is -0.184. The van der Waals surface area contributed by atoms with E-state index in [4.69, 9.17) is 0 Å². The third-order valence-electron chi connectivity index (χ3n) is 2.56. The third kappa shape index (κ3) is 2.07. The van der Waals surface area contributed by atoms with Crippen molar-refractivity contribution in [1.29, 1.82) is 0 Å². The molecule has 1 heteroatoms. The fraction of sp³-hybridized carbons (Fsp3) is 0.143. The van der Waals surface area contributed by atoms with Gasteiger partial charge in [0.15, 0.2) is 0 Å². The first-order valence-electron chi connectivity index (χ1n) is 5.15. The molecule has 0 aromatic heterocycles. The van der Waals surface area contributed by atoms with Crippen molar-refractivity contribution < 1.29 is 4.39 Å². The average molecular weight is 200 g/mol. The first kappa shape index (κ1) is 9.91. The van der Waals surface area contributed by atoms with Gasteiger partial charge in [-0.15, -0.1) is 0 Å². The first-order valence-corrected chi connectivity index (χ1v) is 5.15. The summed E-state index contributed by atoms with van der Waals surface area (Å²) < 4.78 is 12.8. The molecule has 0 amide bonds. The monoisotopic (exact) mass is 200 g/mol. The van der Waals surface area contributed by atoms with Crippen LogP contribution in [-0.2, 0) is 0 Å². The van der Waals surface area contributed by atoms with Gasteiger partial charge in [-0.2, -0.15) is 0 Å². The lowest BCUT2D eigenvalue weighted by Crippen LogP contribution is -1.87. The van der Waals surface area contributed by atoms with Crippen molar-refractivity contribution in [1.82, 2.24) is 0 Å². The normalized spacial score (nSPS) is 13.6.